The van der Waals surface area contributed by atoms with Crippen LogP contribution in [0.15, 0.2) is 48.5 Å². The van der Waals surface area contributed by atoms with Gasteiger partial charge >= 0.3 is 0 Å². The first-order valence-corrected chi connectivity index (χ1v) is 10.1. The highest BCUT2D eigenvalue weighted by Gasteiger charge is 2.13. The number of methoxy groups -OCH3 is 1. The molecule has 29 heavy (non-hydrogen) atoms. The van der Waals surface area contributed by atoms with Crippen molar-refractivity contribution in [1.29, 1.82) is 0 Å². The van der Waals surface area contributed by atoms with Gasteiger partial charge in [0.2, 0.25) is 5.91 Å². The quantitative estimate of drug-likeness (QED) is 0.577. The molecule has 0 fully saturated rings. The van der Waals surface area contributed by atoms with Crippen LogP contribution in [0.3, 0.4) is 0 Å². The number of nitrogens with one attached hydrogen (secondary N) is 2. The van der Waals surface area contributed by atoms with Crippen LogP contribution in [-0.2, 0) is 4.79 Å². The van der Waals surface area contributed by atoms with Crippen molar-refractivity contribution in [2.24, 2.45) is 0 Å². The number of carbonyl (C=O) groups is 2. The molecule has 0 radical (unpaired) electrons. The number of hydrogen-bond acceptors (Lipinski definition) is 5. The molecule has 3 rings (SSSR count). The Bertz CT molecular complexity index is 1020. The number of nitrogens with zero attached hydrogens (tertiary/aromatic N) is 1. The molecule has 8 heteroatoms. The van der Waals surface area contributed by atoms with Gasteiger partial charge in [-0.05, 0) is 43.3 Å². The molecule has 0 saturated heterocycles. The van der Waals surface area contributed by atoms with Gasteiger partial charge in [-0.3, -0.25) is 9.59 Å². The summed E-state index contributed by atoms with van der Waals surface area (Å²) in [6.07, 6.45) is 0.132. The molecular weight excluding hydrogens is 410 g/mol. The van der Waals surface area contributed by atoms with Crippen molar-refractivity contribution in [2.45, 2.75) is 13.3 Å². The maximum Gasteiger partial charge on any atom is 0.252 e. The lowest BCUT2D eigenvalue weighted by Crippen LogP contribution is -2.27. The molecule has 2 N–H and O–H groups in total. The molecule has 150 valence electrons. The van der Waals surface area contributed by atoms with Crippen molar-refractivity contribution in [3.8, 4) is 17.0 Å². The molecule has 3 aromatic rings. The van der Waals surface area contributed by atoms with Gasteiger partial charge in [0.05, 0.1) is 23.4 Å². The monoisotopic (exact) mass is 429 g/mol. The maximum absolute atomic E-state index is 12.2. The Balaban J connectivity index is 1.54. The molecular formula is C21H20ClN3O3S. The van der Waals surface area contributed by atoms with Gasteiger partial charge in [0.25, 0.3) is 5.91 Å². The molecule has 6 nitrogen and oxygen atoms in total. The van der Waals surface area contributed by atoms with Crippen molar-refractivity contribution in [3.05, 3.63) is 64.0 Å². The molecule has 0 atom stereocenters. The van der Waals surface area contributed by atoms with Crippen molar-refractivity contribution >= 4 is 39.9 Å². The highest BCUT2D eigenvalue weighted by atomic mass is 35.5. The minimum Gasteiger partial charge on any atom is -0.497 e. The van der Waals surface area contributed by atoms with Crippen LogP contribution in [0.5, 0.6) is 5.75 Å². The summed E-state index contributed by atoms with van der Waals surface area (Å²) in [5, 5.41) is 6.38. The second-order valence-corrected chi connectivity index (χ2v) is 7.80. The van der Waals surface area contributed by atoms with Gasteiger partial charge in [0, 0.05) is 23.4 Å². The first kappa shape index (κ1) is 20.8. The third-order valence-electron chi connectivity index (χ3n) is 4.16. The van der Waals surface area contributed by atoms with Crippen LogP contribution in [-0.4, -0.2) is 30.5 Å². The molecule has 0 saturated carbocycles. The van der Waals surface area contributed by atoms with Gasteiger partial charge in [-0.25, -0.2) is 4.98 Å². The Morgan fingerprint density at radius 1 is 1.14 bits per heavy atom. The van der Waals surface area contributed by atoms with Crippen LogP contribution in [0.25, 0.3) is 11.3 Å². The standard InChI is InChI=1S/C21H20ClN3O3S/c1-13-19(14-7-9-15(28-2)10-8-14)25-21(29-13)24-18(26)11-12-23-20(27)16-5-3-4-6-17(16)22/h3-10H,11-12H2,1-2H3,(H,23,27)(H,24,25,26). The fraction of sp³-hybridized carbons (Fsp3) is 0.190. The van der Waals surface area contributed by atoms with Crippen LogP contribution in [0.2, 0.25) is 5.02 Å². The second kappa shape index (κ2) is 9.54. The van der Waals surface area contributed by atoms with Crippen LogP contribution in [0.1, 0.15) is 21.7 Å². The van der Waals surface area contributed by atoms with E-state index in [1.165, 1.54) is 11.3 Å². The average Bonchev–Trinajstić information content (AvgIpc) is 3.08. The number of hydrogen-bond donors (Lipinski definition) is 2. The normalized spacial score (nSPS) is 10.4. The number of aryl methyl sites for hydroxylation is 1. The lowest BCUT2D eigenvalue weighted by Gasteiger charge is -2.06. The van der Waals surface area contributed by atoms with Gasteiger partial charge in [0.15, 0.2) is 5.13 Å². The minimum atomic E-state index is -0.310. The van der Waals surface area contributed by atoms with E-state index in [4.69, 9.17) is 16.3 Å². The molecule has 0 aliphatic heterocycles. The Labute approximate surface area is 177 Å². The van der Waals surface area contributed by atoms with E-state index in [2.05, 4.69) is 15.6 Å². The number of benzene rings is 2. The van der Waals surface area contributed by atoms with Crippen molar-refractivity contribution < 1.29 is 14.3 Å². The van der Waals surface area contributed by atoms with E-state index in [0.717, 1.165) is 21.9 Å². The van der Waals surface area contributed by atoms with E-state index in [-0.39, 0.29) is 24.8 Å². The van der Waals surface area contributed by atoms with Gasteiger partial charge in [0.1, 0.15) is 5.75 Å². The van der Waals surface area contributed by atoms with Gasteiger partial charge in [-0.15, -0.1) is 11.3 Å². The third-order valence-corrected chi connectivity index (χ3v) is 5.38. The molecule has 1 aromatic heterocycles. The highest BCUT2D eigenvalue weighted by Crippen LogP contribution is 2.31. The number of anilines is 1. The minimum absolute atomic E-state index is 0.132. The molecule has 1 heterocycles. The Hall–Kier alpha value is -2.90. The average molecular weight is 430 g/mol. The van der Waals surface area contributed by atoms with Crippen LogP contribution in [0.4, 0.5) is 5.13 Å². The molecule has 0 unspecified atom stereocenters. The van der Waals surface area contributed by atoms with Crippen molar-refractivity contribution in [2.75, 3.05) is 19.0 Å². The summed E-state index contributed by atoms with van der Waals surface area (Å²) in [7, 11) is 1.62. The summed E-state index contributed by atoms with van der Waals surface area (Å²) in [6.45, 7) is 2.16. The van der Waals surface area contributed by atoms with Crippen LogP contribution >= 0.6 is 22.9 Å². The first-order valence-electron chi connectivity index (χ1n) is 8.92. The second-order valence-electron chi connectivity index (χ2n) is 6.19. The van der Waals surface area contributed by atoms with Crippen LogP contribution < -0.4 is 15.4 Å². The number of thiazole rings is 1. The van der Waals surface area contributed by atoms with Gasteiger partial charge in [-0.2, -0.15) is 0 Å². The summed E-state index contributed by atoms with van der Waals surface area (Å²) in [5.41, 5.74) is 2.15. The van der Waals surface area contributed by atoms with E-state index in [9.17, 15) is 9.59 Å². The van der Waals surface area contributed by atoms with Crippen molar-refractivity contribution in [1.82, 2.24) is 10.3 Å². The summed E-state index contributed by atoms with van der Waals surface area (Å²) in [5.74, 6) is 0.240. The first-order chi connectivity index (χ1) is 14.0. The predicted molar refractivity (Wildman–Crippen MR) is 116 cm³/mol. The zero-order valence-electron chi connectivity index (χ0n) is 16.0. The van der Waals surface area contributed by atoms with Gasteiger partial charge in [-0.1, -0.05) is 23.7 Å². The van der Waals surface area contributed by atoms with Crippen molar-refractivity contribution in [3.63, 3.8) is 0 Å². The van der Waals surface area contributed by atoms with E-state index < -0.39 is 0 Å². The Kier molecular flexibility index (Phi) is 6.85. The topological polar surface area (TPSA) is 80.3 Å². The fourth-order valence-corrected chi connectivity index (χ4v) is 3.75. The third kappa shape index (κ3) is 5.34. The smallest absolute Gasteiger partial charge is 0.252 e. The van der Waals surface area contributed by atoms with E-state index >= 15 is 0 Å². The maximum atomic E-state index is 12.2. The summed E-state index contributed by atoms with van der Waals surface area (Å²) in [4.78, 5) is 29.8. The zero-order valence-corrected chi connectivity index (χ0v) is 17.6. The lowest BCUT2D eigenvalue weighted by atomic mass is 10.1. The largest absolute Gasteiger partial charge is 0.497 e. The van der Waals surface area contributed by atoms with Crippen LogP contribution in [0, 0.1) is 6.92 Å². The molecule has 0 bridgehead atoms. The predicted octanol–water partition coefficient (Wildman–Crippen LogP) is 4.54. The van der Waals surface area contributed by atoms with E-state index in [0.29, 0.717) is 15.7 Å². The Morgan fingerprint density at radius 2 is 1.86 bits per heavy atom. The summed E-state index contributed by atoms with van der Waals surface area (Å²) < 4.78 is 5.17. The summed E-state index contributed by atoms with van der Waals surface area (Å²) in [6, 6.07) is 14.4. The number of halogens is 1. The van der Waals surface area contributed by atoms with Gasteiger partial charge < -0.3 is 15.4 Å². The Morgan fingerprint density at radius 3 is 2.55 bits per heavy atom. The van der Waals surface area contributed by atoms with E-state index in [1.807, 2.05) is 31.2 Å². The SMILES string of the molecule is COc1ccc(-c2nc(NC(=O)CCNC(=O)c3ccccc3Cl)sc2C)cc1. The molecule has 0 aliphatic rings. The van der Waals surface area contributed by atoms with E-state index in [1.54, 1.807) is 31.4 Å². The number of carbonyl (C=O) groups excluding carboxylic acids is 2. The molecule has 2 amide bonds. The lowest BCUT2D eigenvalue weighted by molar-refractivity contribution is -0.116. The summed E-state index contributed by atoms with van der Waals surface area (Å²) >= 11 is 7.41. The zero-order chi connectivity index (χ0) is 20.8. The number of aromatic nitrogens is 1. The molecule has 0 aliphatic carbocycles. The number of ether oxygens (including phenoxy) is 1. The molecule has 2 aromatic carbocycles. The highest BCUT2D eigenvalue weighted by molar-refractivity contribution is 7.16. The number of amides is 2. The number of rotatable bonds is 7. The fourth-order valence-electron chi connectivity index (χ4n) is 2.68. The molecule has 0 spiro atoms.